The van der Waals surface area contributed by atoms with Gasteiger partial charge in [0, 0.05) is 12.3 Å². The number of amides is 1. The van der Waals surface area contributed by atoms with Crippen molar-refractivity contribution in [2.75, 3.05) is 5.75 Å². The molecule has 0 radical (unpaired) electrons. The number of carbonyl (C=O) groups is 1. The summed E-state index contributed by atoms with van der Waals surface area (Å²) < 4.78 is 27.1. The van der Waals surface area contributed by atoms with Crippen molar-refractivity contribution >= 4 is 28.6 Å². The molecule has 7 heteroatoms. The van der Waals surface area contributed by atoms with Gasteiger partial charge in [0.2, 0.25) is 15.9 Å². The average molecular weight is 364 g/mol. The number of sulfonamides is 1. The van der Waals surface area contributed by atoms with Gasteiger partial charge in [-0.25, -0.2) is 8.42 Å². The minimum absolute atomic E-state index is 0.0612. The largest absolute Gasteiger partial charge is 0.351 e. The van der Waals surface area contributed by atoms with Crippen molar-refractivity contribution in [3.63, 3.8) is 0 Å². The Labute approximate surface area is 147 Å². The van der Waals surface area contributed by atoms with E-state index < -0.39 is 22.0 Å². The van der Waals surface area contributed by atoms with E-state index in [0.29, 0.717) is 6.54 Å². The summed E-state index contributed by atoms with van der Waals surface area (Å²) in [6.45, 7) is 2.20. The number of hydrogen-bond acceptors (Lipinski definition) is 4. The number of hydrogen-bond donors (Lipinski definition) is 3. The van der Waals surface area contributed by atoms with E-state index in [2.05, 4.69) is 22.7 Å². The van der Waals surface area contributed by atoms with Crippen molar-refractivity contribution in [1.29, 1.82) is 0 Å². The van der Waals surface area contributed by atoms with Crippen LogP contribution in [-0.4, -0.2) is 26.1 Å². The van der Waals surface area contributed by atoms with Gasteiger partial charge >= 0.3 is 0 Å². The molecule has 0 fully saturated rings. The van der Waals surface area contributed by atoms with Gasteiger partial charge in [-0.1, -0.05) is 48.0 Å². The Bertz CT molecular complexity index is 775. The molecule has 1 amide bonds. The van der Waals surface area contributed by atoms with E-state index in [4.69, 9.17) is 0 Å². The Kier molecular flexibility index (Phi) is 6.42. The second-order valence-corrected chi connectivity index (χ2v) is 7.45. The van der Waals surface area contributed by atoms with Gasteiger partial charge in [0.1, 0.15) is 6.04 Å². The fourth-order valence-electron chi connectivity index (χ4n) is 2.05. The van der Waals surface area contributed by atoms with Crippen molar-refractivity contribution < 1.29 is 13.2 Å². The molecule has 2 N–H and O–H groups in total. The zero-order chi connectivity index (χ0) is 17.6. The summed E-state index contributed by atoms with van der Waals surface area (Å²) >= 11 is 4.09. The number of rotatable bonds is 7. The summed E-state index contributed by atoms with van der Waals surface area (Å²) in [6.07, 6.45) is 0. The van der Waals surface area contributed by atoms with Gasteiger partial charge in [-0.2, -0.15) is 17.4 Å². The first kappa shape index (κ1) is 18.5. The Morgan fingerprint density at radius 3 is 2.29 bits per heavy atom. The highest BCUT2D eigenvalue weighted by molar-refractivity contribution is 7.89. The van der Waals surface area contributed by atoms with Gasteiger partial charge in [-0.05, 0) is 24.6 Å². The molecule has 0 saturated carbocycles. The van der Waals surface area contributed by atoms with E-state index in [1.807, 2.05) is 37.3 Å². The third-order valence-corrected chi connectivity index (χ3v) is 5.29. The lowest BCUT2D eigenvalue weighted by Gasteiger charge is -2.17. The molecule has 0 aromatic heterocycles. The molecule has 24 heavy (non-hydrogen) atoms. The van der Waals surface area contributed by atoms with E-state index in [9.17, 15) is 13.2 Å². The van der Waals surface area contributed by atoms with Crippen LogP contribution in [-0.2, 0) is 21.4 Å². The predicted molar refractivity (Wildman–Crippen MR) is 97.4 cm³/mol. The van der Waals surface area contributed by atoms with Crippen LogP contribution < -0.4 is 10.0 Å². The van der Waals surface area contributed by atoms with Crippen molar-refractivity contribution in [3.05, 3.63) is 65.7 Å². The molecule has 0 saturated heterocycles. The van der Waals surface area contributed by atoms with Crippen LogP contribution in [0.2, 0.25) is 0 Å². The minimum Gasteiger partial charge on any atom is -0.351 e. The number of nitrogens with one attached hydrogen (secondary N) is 2. The third kappa shape index (κ3) is 5.09. The highest BCUT2D eigenvalue weighted by atomic mass is 32.2. The average Bonchev–Trinajstić information content (AvgIpc) is 2.59. The van der Waals surface area contributed by atoms with Gasteiger partial charge in [0.25, 0.3) is 0 Å². The zero-order valence-corrected chi connectivity index (χ0v) is 15.0. The molecule has 2 aromatic carbocycles. The van der Waals surface area contributed by atoms with Crippen molar-refractivity contribution in [3.8, 4) is 0 Å². The lowest BCUT2D eigenvalue weighted by atomic mass is 10.2. The smallest absolute Gasteiger partial charge is 0.241 e. The van der Waals surface area contributed by atoms with Crippen LogP contribution in [0.1, 0.15) is 11.1 Å². The van der Waals surface area contributed by atoms with Gasteiger partial charge in [-0.15, -0.1) is 0 Å². The SMILES string of the molecule is Cc1ccc(S(=O)(=O)N[C@@H](CS)C(=O)NCc2ccccc2)cc1. The van der Waals surface area contributed by atoms with Crippen LogP contribution in [0.15, 0.2) is 59.5 Å². The first-order valence-electron chi connectivity index (χ1n) is 7.44. The van der Waals surface area contributed by atoms with Crippen LogP contribution in [0.5, 0.6) is 0 Å². The third-order valence-electron chi connectivity index (χ3n) is 3.44. The number of carbonyl (C=O) groups excluding carboxylic acids is 1. The van der Waals surface area contributed by atoms with Gasteiger partial charge in [-0.3, -0.25) is 4.79 Å². The van der Waals surface area contributed by atoms with Crippen molar-refractivity contribution in [2.45, 2.75) is 24.4 Å². The first-order chi connectivity index (χ1) is 11.4. The number of benzene rings is 2. The number of thiol groups is 1. The van der Waals surface area contributed by atoms with Crippen LogP contribution >= 0.6 is 12.6 Å². The molecular weight excluding hydrogens is 344 g/mol. The summed E-state index contributed by atoms with van der Waals surface area (Å²) in [4.78, 5) is 12.3. The molecule has 0 heterocycles. The zero-order valence-electron chi connectivity index (χ0n) is 13.3. The van der Waals surface area contributed by atoms with E-state index >= 15 is 0 Å². The van der Waals surface area contributed by atoms with Gasteiger partial charge in [0.05, 0.1) is 4.90 Å². The van der Waals surface area contributed by atoms with Crippen molar-refractivity contribution in [1.82, 2.24) is 10.0 Å². The fraction of sp³-hybridized carbons (Fsp3) is 0.235. The van der Waals surface area contributed by atoms with E-state index in [1.54, 1.807) is 12.1 Å². The normalized spacial score (nSPS) is 12.6. The summed E-state index contributed by atoms with van der Waals surface area (Å²) in [5.74, 6) is -0.351. The Balaban J connectivity index is 2.02. The van der Waals surface area contributed by atoms with E-state index in [-0.39, 0.29) is 10.6 Å². The number of aryl methyl sites for hydroxylation is 1. The van der Waals surface area contributed by atoms with Gasteiger partial charge in [0.15, 0.2) is 0 Å². The van der Waals surface area contributed by atoms with E-state index in [0.717, 1.165) is 11.1 Å². The molecule has 0 bridgehead atoms. The lowest BCUT2D eigenvalue weighted by Crippen LogP contribution is -2.47. The molecule has 0 spiro atoms. The summed E-state index contributed by atoms with van der Waals surface area (Å²) in [5, 5.41) is 2.72. The summed E-state index contributed by atoms with van der Waals surface area (Å²) in [7, 11) is -3.78. The first-order valence-corrected chi connectivity index (χ1v) is 9.55. The molecule has 2 aromatic rings. The standard InChI is InChI=1S/C17H20N2O3S2/c1-13-7-9-15(10-8-13)24(21,22)19-16(12-23)17(20)18-11-14-5-3-2-4-6-14/h2-10,16,19,23H,11-12H2,1H3,(H,18,20)/t16-/m0/s1. The molecule has 128 valence electrons. The minimum atomic E-state index is -3.78. The highest BCUT2D eigenvalue weighted by Gasteiger charge is 2.24. The topological polar surface area (TPSA) is 75.3 Å². The molecule has 1 atom stereocenters. The lowest BCUT2D eigenvalue weighted by molar-refractivity contribution is -0.122. The molecular formula is C17H20N2O3S2. The van der Waals surface area contributed by atoms with Crippen molar-refractivity contribution in [2.24, 2.45) is 0 Å². The van der Waals surface area contributed by atoms with Crippen LogP contribution in [0.3, 0.4) is 0 Å². The Morgan fingerprint density at radius 2 is 1.71 bits per heavy atom. The summed E-state index contributed by atoms with van der Waals surface area (Å²) in [6, 6.07) is 14.9. The molecule has 0 aliphatic carbocycles. The van der Waals surface area contributed by atoms with E-state index in [1.165, 1.54) is 12.1 Å². The fourth-order valence-corrected chi connectivity index (χ4v) is 3.63. The van der Waals surface area contributed by atoms with Crippen LogP contribution in [0.25, 0.3) is 0 Å². The molecule has 0 aliphatic heterocycles. The monoisotopic (exact) mass is 364 g/mol. The maximum absolute atomic E-state index is 12.4. The maximum Gasteiger partial charge on any atom is 0.241 e. The Hall–Kier alpha value is -1.83. The molecule has 2 rings (SSSR count). The highest BCUT2D eigenvalue weighted by Crippen LogP contribution is 2.11. The molecule has 0 aliphatic rings. The quantitative estimate of drug-likeness (QED) is 0.657. The van der Waals surface area contributed by atoms with Crippen LogP contribution in [0.4, 0.5) is 0 Å². The predicted octanol–water partition coefficient (Wildman–Crippen LogP) is 1.89. The summed E-state index contributed by atoms with van der Waals surface area (Å²) in [5.41, 5.74) is 1.89. The second-order valence-electron chi connectivity index (χ2n) is 5.37. The van der Waals surface area contributed by atoms with Gasteiger partial charge < -0.3 is 5.32 Å². The Morgan fingerprint density at radius 1 is 1.08 bits per heavy atom. The maximum atomic E-state index is 12.4. The molecule has 5 nitrogen and oxygen atoms in total. The van der Waals surface area contributed by atoms with Crippen LogP contribution in [0, 0.1) is 6.92 Å². The second kappa shape index (κ2) is 8.32. The molecule has 0 unspecified atom stereocenters.